The van der Waals surface area contributed by atoms with Gasteiger partial charge in [0, 0.05) is 12.1 Å². The Kier molecular flexibility index (Phi) is 4.79. The van der Waals surface area contributed by atoms with Gasteiger partial charge >= 0.3 is 0 Å². The highest BCUT2D eigenvalue weighted by Gasteiger charge is 2.20. The van der Waals surface area contributed by atoms with Crippen molar-refractivity contribution < 1.29 is 0 Å². The monoisotopic (exact) mass is 246 g/mol. The van der Waals surface area contributed by atoms with Crippen LogP contribution in [0.5, 0.6) is 0 Å². The lowest BCUT2D eigenvalue weighted by Crippen LogP contribution is -2.47. The van der Waals surface area contributed by atoms with E-state index in [1.807, 2.05) is 0 Å². The lowest BCUT2D eigenvalue weighted by atomic mass is 9.91. The average molecular weight is 246 g/mol. The minimum absolute atomic E-state index is 0.360. The predicted molar refractivity (Wildman–Crippen MR) is 77.9 cm³/mol. The van der Waals surface area contributed by atoms with Gasteiger partial charge in [-0.3, -0.25) is 0 Å². The van der Waals surface area contributed by atoms with Crippen LogP contribution in [-0.2, 0) is 6.42 Å². The van der Waals surface area contributed by atoms with E-state index in [2.05, 4.69) is 37.4 Å². The van der Waals surface area contributed by atoms with Crippen LogP contribution in [0.3, 0.4) is 0 Å². The third-order valence-electron chi connectivity index (χ3n) is 4.21. The molecule has 0 radical (unpaired) electrons. The van der Waals surface area contributed by atoms with Gasteiger partial charge in [-0.1, -0.05) is 31.0 Å². The van der Waals surface area contributed by atoms with Gasteiger partial charge in [-0.15, -0.1) is 0 Å². The molecule has 2 heteroatoms. The molecule has 1 fully saturated rings. The van der Waals surface area contributed by atoms with E-state index in [0.717, 1.165) is 13.0 Å². The molecule has 2 atom stereocenters. The lowest BCUT2D eigenvalue weighted by molar-refractivity contribution is 0.329. The van der Waals surface area contributed by atoms with Gasteiger partial charge in [-0.05, 0) is 56.3 Å². The van der Waals surface area contributed by atoms with Crippen molar-refractivity contribution in [1.29, 1.82) is 0 Å². The maximum atomic E-state index is 6.14. The quantitative estimate of drug-likeness (QED) is 0.857. The molecule has 1 aromatic rings. The molecule has 0 saturated heterocycles. The zero-order valence-electron chi connectivity index (χ0n) is 11.7. The first-order chi connectivity index (χ1) is 8.66. The zero-order chi connectivity index (χ0) is 13.0. The molecule has 0 heterocycles. The van der Waals surface area contributed by atoms with Crippen LogP contribution < -0.4 is 11.1 Å². The minimum Gasteiger partial charge on any atom is -0.326 e. The topological polar surface area (TPSA) is 38.0 Å². The molecule has 0 amide bonds. The molecule has 2 rings (SSSR count). The van der Waals surface area contributed by atoms with Gasteiger partial charge in [-0.25, -0.2) is 0 Å². The van der Waals surface area contributed by atoms with Gasteiger partial charge in [0.25, 0.3) is 0 Å². The largest absolute Gasteiger partial charge is 0.326 e. The maximum Gasteiger partial charge on any atom is 0.0219 e. The van der Waals surface area contributed by atoms with E-state index in [9.17, 15) is 0 Å². The Labute approximate surface area is 111 Å². The molecule has 3 N–H and O–H groups in total. The van der Waals surface area contributed by atoms with Crippen molar-refractivity contribution in [3.8, 4) is 0 Å². The fraction of sp³-hybridized carbons (Fsp3) is 0.625. The summed E-state index contributed by atoms with van der Waals surface area (Å²) in [4.78, 5) is 0. The predicted octanol–water partition coefficient (Wildman–Crippen LogP) is 2.71. The Bertz CT molecular complexity index is 387. The second kappa shape index (κ2) is 6.35. The van der Waals surface area contributed by atoms with Crippen molar-refractivity contribution in [2.75, 3.05) is 6.54 Å². The Hall–Kier alpha value is -0.860. The van der Waals surface area contributed by atoms with E-state index in [1.165, 1.54) is 42.4 Å². The molecule has 1 aliphatic rings. The Balaban J connectivity index is 1.79. The summed E-state index contributed by atoms with van der Waals surface area (Å²) in [6.07, 6.45) is 6.16. The van der Waals surface area contributed by atoms with Crippen LogP contribution in [0.2, 0.25) is 0 Å². The van der Waals surface area contributed by atoms with E-state index in [1.54, 1.807) is 0 Å². The normalized spacial score (nSPS) is 24.2. The summed E-state index contributed by atoms with van der Waals surface area (Å²) in [6.45, 7) is 5.39. The molecule has 0 spiro atoms. The third kappa shape index (κ3) is 3.56. The molecule has 18 heavy (non-hydrogen) atoms. The van der Waals surface area contributed by atoms with Crippen LogP contribution >= 0.6 is 0 Å². The van der Waals surface area contributed by atoms with Crippen LogP contribution in [0.25, 0.3) is 0 Å². The van der Waals surface area contributed by atoms with Gasteiger partial charge in [0.2, 0.25) is 0 Å². The summed E-state index contributed by atoms with van der Waals surface area (Å²) in [5.41, 5.74) is 10.3. The standard InChI is InChI=1S/C16H26N2/c1-12-7-8-14(11-13(12)2)9-10-18-16-6-4-3-5-15(16)17/h7-8,11,15-16,18H,3-6,9-10,17H2,1-2H3. The highest BCUT2D eigenvalue weighted by atomic mass is 14.9. The highest BCUT2D eigenvalue weighted by molar-refractivity contribution is 5.30. The van der Waals surface area contributed by atoms with E-state index in [0.29, 0.717) is 12.1 Å². The zero-order valence-corrected chi connectivity index (χ0v) is 11.7. The first-order valence-corrected chi connectivity index (χ1v) is 7.22. The second-order valence-electron chi connectivity index (χ2n) is 5.68. The van der Waals surface area contributed by atoms with Gasteiger partial charge in [0.1, 0.15) is 0 Å². The average Bonchev–Trinajstić information content (AvgIpc) is 2.36. The number of hydrogen-bond donors (Lipinski definition) is 2. The molecule has 1 aromatic carbocycles. The second-order valence-corrected chi connectivity index (χ2v) is 5.68. The van der Waals surface area contributed by atoms with Crippen LogP contribution in [0.4, 0.5) is 0 Å². The molecule has 2 nitrogen and oxygen atoms in total. The Morgan fingerprint density at radius 1 is 1.17 bits per heavy atom. The van der Waals surface area contributed by atoms with E-state index < -0.39 is 0 Å². The fourth-order valence-corrected chi connectivity index (χ4v) is 2.77. The van der Waals surface area contributed by atoms with Crippen molar-refractivity contribution in [3.63, 3.8) is 0 Å². The third-order valence-corrected chi connectivity index (χ3v) is 4.21. The molecule has 1 saturated carbocycles. The summed E-state index contributed by atoms with van der Waals surface area (Å²) in [7, 11) is 0. The summed E-state index contributed by atoms with van der Waals surface area (Å²) in [6, 6.07) is 7.66. The first kappa shape index (κ1) is 13.6. The van der Waals surface area contributed by atoms with Crippen molar-refractivity contribution >= 4 is 0 Å². The van der Waals surface area contributed by atoms with Crippen LogP contribution in [0.15, 0.2) is 18.2 Å². The summed E-state index contributed by atoms with van der Waals surface area (Å²) < 4.78 is 0. The molecular formula is C16H26N2. The van der Waals surface area contributed by atoms with E-state index >= 15 is 0 Å². The van der Waals surface area contributed by atoms with E-state index in [-0.39, 0.29) is 0 Å². The molecule has 2 unspecified atom stereocenters. The lowest BCUT2D eigenvalue weighted by Gasteiger charge is -2.29. The molecule has 1 aliphatic carbocycles. The van der Waals surface area contributed by atoms with Crippen LogP contribution in [0.1, 0.15) is 42.4 Å². The van der Waals surface area contributed by atoms with Gasteiger partial charge in [-0.2, -0.15) is 0 Å². The minimum atomic E-state index is 0.360. The van der Waals surface area contributed by atoms with Crippen molar-refractivity contribution in [2.45, 2.75) is 58.0 Å². The van der Waals surface area contributed by atoms with Crippen molar-refractivity contribution in [3.05, 3.63) is 34.9 Å². The molecular weight excluding hydrogens is 220 g/mol. The number of nitrogens with two attached hydrogens (primary N) is 1. The SMILES string of the molecule is Cc1ccc(CCNC2CCCCC2N)cc1C. The van der Waals surface area contributed by atoms with Gasteiger partial charge in [0.15, 0.2) is 0 Å². The van der Waals surface area contributed by atoms with Crippen LogP contribution in [0, 0.1) is 13.8 Å². The molecule has 0 aliphatic heterocycles. The summed E-state index contributed by atoms with van der Waals surface area (Å²) in [5.74, 6) is 0. The van der Waals surface area contributed by atoms with Crippen molar-refractivity contribution in [1.82, 2.24) is 5.32 Å². The highest BCUT2D eigenvalue weighted by Crippen LogP contribution is 2.17. The number of hydrogen-bond acceptors (Lipinski definition) is 2. The molecule has 100 valence electrons. The summed E-state index contributed by atoms with van der Waals surface area (Å²) in [5, 5.41) is 3.63. The fourth-order valence-electron chi connectivity index (χ4n) is 2.77. The molecule has 0 aromatic heterocycles. The van der Waals surface area contributed by atoms with Crippen molar-refractivity contribution in [2.24, 2.45) is 5.73 Å². The Morgan fingerprint density at radius 2 is 1.94 bits per heavy atom. The molecule has 0 bridgehead atoms. The Morgan fingerprint density at radius 3 is 2.67 bits per heavy atom. The van der Waals surface area contributed by atoms with Gasteiger partial charge < -0.3 is 11.1 Å². The summed E-state index contributed by atoms with van der Waals surface area (Å²) >= 11 is 0. The first-order valence-electron chi connectivity index (χ1n) is 7.22. The van der Waals surface area contributed by atoms with Crippen LogP contribution in [-0.4, -0.2) is 18.6 Å². The number of benzene rings is 1. The number of rotatable bonds is 4. The smallest absolute Gasteiger partial charge is 0.0219 e. The van der Waals surface area contributed by atoms with Gasteiger partial charge in [0.05, 0.1) is 0 Å². The number of aryl methyl sites for hydroxylation is 2. The van der Waals surface area contributed by atoms with E-state index in [4.69, 9.17) is 5.73 Å². The number of nitrogens with one attached hydrogen (secondary N) is 1. The maximum absolute atomic E-state index is 6.14.